The number of carbonyl (C=O) groups is 1. The van der Waals surface area contributed by atoms with E-state index in [1.807, 2.05) is 12.2 Å². The van der Waals surface area contributed by atoms with Gasteiger partial charge < -0.3 is 4.98 Å². The number of nitrogens with zero attached hydrogens (tertiary/aromatic N) is 1. The van der Waals surface area contributed by atoms with Gasteiger partial charge >= 0.3 is 0 Å². The molecule has 1 rings (SSSR count). The lowest BCUT2D eigenvalue weighted by Gasteiger charge is -1.90. The molecule has 0 radical (unpaired) electrons. The lowest BCUT2D eigenvalue weighted by atomic mass is 10.2. The molecule has 0 bridgehead atoms. The first-order valence-electron chi connectivity index (χ1n) is 3.90. The number of rotatable bonds is 3. The molecule has 0 aliphatic carbocycles. The molecule has 0 saturated carbocycles. The van der Waals surface area contributed by atoms with Gasteiger partial charge in [-0.25, -0.2) is 4.98 Å². The number of H-pyrrole nitrogens is 1. The lowest BCUT2D eigenvalue weighted by Crippen LogP contribution is -1.81. The Hall–Kier alpha value is -1.38. The van der Waals surface area contributed by atoms with Crippen molar-refractivity contribution in [2.45, 2.75) is 13.8 Å². The highest BCUT2D eigenvalue weighted by Gasteiger charge is 1.94. The van der Waals surface area contributed by atoms with Gasteiger partial charge in [-0.05, 0) is 12.0 Å². The van der Waals surface area contributed by atoms with E-state index in [0.717, 1.165) is 12.1 Å². The van der Waals surface area contributed by atoms with E-state index in [4.69, 9.17) is 0 Å². The molecule has 0 spiro atoms. The largest absolute Gasteiger partial charge is 0.336 e. The highest BCUT2D eigenvalue weighted by atomic mass is 16.1. The number of allylic oxidation sites excluding steroid dienone is 1. The number of imidazole rings is 1. The second kappa shape index (κ2) is 3.85. The summed E-state index contributed by atoms with van der Waals surface area (Å²) in [6.07, 6.45) is 6.16. The molecule has 0 amide bonds. The molecule has 1 aromatic rings. The van der Waals surface area contributed by atoms with Crippen LogP contribution in [0.5, 0.6) is 0 Å². The van der Waals surface area contributed by atoms with Crippen LogP contribution in [-0.2, 0) is 0 Å². The molecule has 0 unspecified atom stereocenters. The Morgan fingerprint density at radius 3 is 2.83 bits per heavy atom. The molecule has 1 N–H and O–H groups in total. The zero-order valence-electron chi connectivity index (χ0n) is 7.24. The maximum Gasteiger partial charge on any atom is 0.167 e. The van der Waals surface area contributed by atoms with E-state index in [2.05, 4.69) is 23.8 Å². The summed E-state index contributed by atoms with van der Waals surface area (Å²) in [4.78, 5) is 17.1. The van der Waals surface area contributed by atoms with Crippen molar-refractivity contribution in [1.82, 2.24) is 9.97 Å². The first-order valence-corrected chi connectivity index (χ1v) is 3.90. The van der Waals surface area contributed by atoms with Crippen LogP contribution in [0.3, 0.4) is 0 Å². The van der Waals surface area contributed by atoms with E-state index in [9.17, 15) is 4.79 Å². The van der Waals surface area contributed by atoms with Gasteiger partial charge in [-0.15, -0.1) is 0 Å². The van der Waals surface area contributed by atoms with Crippen LogP contribution in [0.1, 0.15) is 30.2 Å². The minimum atomic E-state index is 0.495. The Balaban J connectivity index is 2.70. The molecule has 0 atom stereocenters. The third-order valence-corrected chi connectivity index (χ3v) is 1.38. The number of nitrogens with one attached hydrogen (secondary N) is 1. The summed E-state index contributed by atoms with van der Waals surface area (Å²) in [7, 11) is 0. The van der Waals surface area contributed by atoms with Crippen LogP contribution >= 0.6 is 0 Å². The predicted molar refractivity (Wildman–Crippen MR) is 47.8 cm³/mol. The number of aromatic nitrogens is 2. The van der Waals surface area contributed by atoms with E-state index in [0.29, 0.717) is 11.6 Å². The van der Waals surface area contributed by atoms with E-state index in [-0.39, 0.29) is 0 Å². The van der Waals surface area contributed by atoms with Crippen molar-refractivity contribution in [3.8, 4) is 0 Å². The predicted octanol–water partition coefficient (Wildman–Crippen LogP) is 1.89. The van der Waals surface area contributed by atoms with Gasteiger partial charge in [-0.3, -0.25) is 4.79 Å². The van der Waals surface area contributed by atoms with Crippen molar-refractivity contribution in [1.29, 1.82) is 0 Å². The van der Waals surface area contributed by atoms with Crippen molar-refractivity contribution < 1.29 is 4.79 Å². The minimum absolute atomic E-state index is 0.495. The molecule has 12 heavy (non-hydrogen) atoms. The first kappa shape index (κ1) is 8.71. The summed E-state index contributed by atoms with van der Waals surface area (Å²) in [5.74, 6) is 1.22. The van der Waals surface area contributed by atoms with Crippen LogP contribution in [0.15, 0.2) is 12.3 Å². The quantitative estimate of drug-likeness (QED) is 0.693. The molecule has 3 nitrogen and oxygen atoms in total. The molecule has 1 aromatic heterocycles. The van der Waals surface area contributed by atoms with Gasteiger partial charge in [-0.2, -0.15) is 0 Å². The fourth-order valence-electron chi connectivity index (χ4n) is 0.780. The maximum absolute atomic E-state index is 10.3. The van der Waals surface area contributed by atoms with Crippen LogP contribution in [0.4, 0.5) is 0 Å². The number of aromatic amines is 1. The van der Waals surface area contributed by atoms with Gasteiger partial charge in [0.1, 0.15) is 5.82 Å². The van der Waals surface area contributed by atoms with E-state index in [1.54, 1.807) is 0 Å². The average Bonchev–Trinajstić information content (AvgIpc) is 2.48. The average molecular weight is 164 g/mol. The fourth-order valence-corrected chi connectivity index (χ4v) is 0.780. The van der Waals surface area contributed by atoms with Gasteiger partial charge in [0.15, 0.2) is 6.29 Å². The normalized spacial score (nSPS) is 11.2. The van der Waals surface area contributed by atoms with Gasteiger partial charge in [0.25, 0.3) is 0 Å². The highest BCUT2D eigenvalue weighted by molar-refractivity contribution is 5.71. The Morgan fingerprint density at radius 1 is 1.58 bits per heavy atom. The third kappa shape index (κ3) is 2.34. The highest BCUT2D eigenvalue weighted by Crippen LogP contribution is 2.00. The second-order valence-electron chi connectivity index (χ2n) is 2.94. The summed E-state index contributed by atoms with van der Waals surface area (Å²) < 4.78 is 0. The molecule has 0 aliphatic heterocycles. The summed E-state index contributed by atoms with van der Waals surface area (Å²) in [5.41, 5.74) is 0.512. The lowest BCUT2D eigenvalue weighted by molar-refractivity contribution is 0.111. The van der Waals surface area contributed by atoms with Crippen molar-refractivity contribution in [3.63, 3.8) is 0 Å². The minimum Gasteiger partial charge on any atom is -0.336 e. The SMILES string of the molecule is CC(C)/C=C/c1ncc(C=O)[nH]1. The third-order valence-electron chi connectivity index (χ3n) is 1.38. The molecule has 0 aliphatic rings. The molecule has 1 heterocycles. The summed E-state index contributed by atoms with van der Waals surface area (Å²) >= 11 is 0. The fraction of sp³-hybridized carbons (Fsp3) is 0.333. The van der Waals surface area contributed by atoms with E-state index < -0.39 is 0 Å². The zero-order chi connectivity index (χ0) is 8.97. The topological polar surface area (TPSA) is 45.8 Å². The van der Waals surface area contributed by atoms with Crippen LogP contribution in [0.25, 0.3) is 6.08 Å². The second-order valence-corrected chi connectivity index (χ2v) is 2.94. The summed E-state index contributed by atoms with van der Waals surface area (Å²) in [6, 6.07) is 0. The number of carbonyl (C=O) groups excluding carboxylic acids is 1. The molecule has 3 heteroatoms. The van der Waals surface area contributed by atoms with E-state index >= 15 is 0 Å². The molecule has 64 valence electrons. The van der Waals surface area contributed by atoms with Gasteiger partial charge in [0.2, 0.25) is 0 Å². The number of hydrogen-bond acceptors (Lipinski definition) is 2. The molecule has 0 saturated heterocycles. The van der Waals surface area contributed by atoms with E-state index in [1.165, 1.54) is 6.20 Å². The molecular formula is C9H12N2O. The Labute approximate surface area is 71.5 Å². The first-order chi connectivity index (χ1) is 5.72. The summed E-state index contributed by atoms with van der Waals surface area (Å²) in [5, 5.41) is 0. The van der Waals surface area contributed by atoms with Crippen molar-refractivity contribution in [2.24, 2.45) is 5.92 Å². The van der Waals surface area contributed by atoms with Crippen LogP contribution in [0, 0.1) is 5.92 Å². The van der Waals surface area contributed by atoms with Crippen LogP contribution in [0.2, 0.25) is 0 Å². The van der Waals surface area contributed by atoms with Crippen molar-refractivity contribution >= 4 is 12.4 Å². The van der Waals surface area contributed by atoms with Gasteiger partial charge in [0, 0.05) is 0 Å². The Morgan fingerprint density at radius 2 is 2.33 bits per heavy atom. The van der Waals surface area contributed by atoms with Gasteiger partial charge in [0.05, 0.1) is 11.9 Å². The number of hydrogen-bond donors (Lipinski definition) is 1. The standard InChI is InChI=1S/C9H12N2O/c1-7(2)3-4-9-10-5-8(6-12)11-9/h3-7H,1-2H3,(H,10,11)/b4-3+. The Kier molecular flexibility index (Phi) is 2.80. The monoisotopic (exact) mass is 164 g/mol. The smallest absolute Gasteiger partial charge is 0.167 e. The Bertz CT molecular complexity index is 286. The maximum atomic E-state index is 10.3. The van der Waals surface area contributed by atoms with Crippen LogP contribution in [-0.4, -0.2) is 16.3 Å². The number of aldehydes is 1. The molecule has 0 aromatic carbocycles. The van der Waals surface area contributed by atoms with Crippen molar-refractivity contribution in [2.75, 3.05) is 0 Å². The van der Waals surface area contributed by atoms with Crippen LogP contribution < -0.4 is 0 Å². The zero-order valence-corrected chi connectivity index (χ0v) is 7.24. The van der Waals surface area contributed by atoms with Crippen molar-refractivity contribution in [3.05, 3.63) is 23.8 Å². The van der Waals surface area contributed by atoms with Gasteiger partial charge in [-0.1, -0.05) is 19.9 Å². The molecule has 0 fully saturated rings. The molecular weight excluding hydrogens is 152 g/mol. The summed E-state index contributed by atoms with van der Waals surface area (Å²) in [6.45, 7) is 4.17.